The van der Waals surface area contributed by atoms with Crippen molar-refractivity contribution in [2.75, 3.05) is 13.1 Å². The number of nitrogens with one attached hydrogen (secondary N) is 1. The average Bonchev–Trinajstić information content (AvgIpc) is 2.29. The van der Waals surface area contributed by atoms with E-state index < -0.39 is 11.7 Å². The number of carbonyl (C=O) groups is 1. The standard InChI is InChI=1S/C13H20ClN3O2/c1-13(2,3)19-12(18)17-7-9(6-15)10-4-5-16-8-11(10)14/h4-5,8-9H,6-7,15H2,1-3H3,(H,17,18). The first-order valence-electron chi connectivity index (χ1n) is 6.10. The molecule has 6 heteroatoms. The molecular weight excluding hydrogens is 266 g/mol. The molecule has 1 aromatic rings. The van der Waals surface area contributed by atoms with Crippen LogP contribution in [0.25, 0.3) is 0 Å². The third-order valence-corrected chi connectivity index (χ3v) is 2.74. The second kappa shape index (κ2) is 6.73. The lowest BCUT2D eigenvalue weighted by atomic mass is 10.0. The molecule has 5 nitrogen and oxygen atoms in total. The first-order chi connectivity index (χ1) is 8.83. The number of rotatable bonds is 4. The number of pyridine rings is 1. The quantitative estimate of drug-likeness (QED) is 0.890. The number of hydrogen-bond acceptors (Lipinski definition) is 4. The molecule has 1 rings (SSSR count). The van der Waals surface area contributed by atoms with E-state index in [1.165, 1.54) is 0 Å². The summed E-state index contributed by atoms with van der Waals surface area (Å²) in [6, 6.07) is 1.80. The van der Waals surface area contributed by atoms with E-state index in [9.17, 15) is 4.79 Å². The van der Waals surface area contributed by atoms with Crippen molar-refractivity contribution in [3.63, 3.8) is 0 Å². The van der Waals surface area contributed by atoms with E-state index in [1.807, 2.05) is 20.8 Å². The smallest absolute Gasteiger partial charge is 0.407 e. The highest BCUT2D eigenvalue weighted by atomic mass is 35.5. The highest BCUT2D eigenvalue weighted by Gasteiger charge is 2.18. The molecule has 0 aliphatic rings. The molecule has 0 saturated heterocycles. The number of aromatic nitrogens is 1. The third kappa shape index (κ3) is 5.44. The van der Waals surface area contributed by atoms with Crippen LogP contribution in [0.2, 0.25) is 5.02 Å². The summed E-state index contributed by atoms with van der Waals surface area (Å²) < 4.78 is 5.16. The zero-order chi connectivity index (χ0) is 14.5. The summed E-state index contributed by atoms with van der Waals surface area (Å²) in [5, 5.41) is 3.24. The summed E-state index contributed by atoms with van der Waals surface area (Å²) in [4.78, 5) is 15.5. The van der Waals surface area contributed by atoms with Gasteiger partial charge in [0.2, 0.25) is 0 Å². The maximum atomic E-state index is 11.6. The summed E-state index contributed by atoms with van der Waals surface area (Å²) in [7, 11) is 0. The molecule has 0 radical (unpaired) electrons. The van der Waals surface area contributed by atoms with Gasteiger partial charge in [0.05, 0.1) is 5.02 Å². The molecule has 1 atom stereocenters. The van der Waals surface area contributed by atoms with Crippen LogP contribution >= 0.6 is 11.6 Å². The highest BCUT2D eigenvalue weighted by Crippen LogP contribution is 2.22. The highest BCUT2D eigenvalue weighted by molar-refractivity contribution is 6.31. The van der Waals surface area contributed by atoms with Crippen LogP contribution < -0.4 is 11.1 Å². The molecule has 19 heavy (non-hydrogen) atoms. The van der Waals surface area contributed by atoms with E-state index >= 15 is 0 Å². The topological polar surface area (TPSA) is 77.2 Å². The first-order valence-corrected chi connectivity index (χ1v) is 6.47. The molecule has 0 saturated carbocycles. The maximum Gasteiger partial charge on any atom is 0.407 e. The van der Waals surface area contributed by atoms with Crippen LogP contribution in [-0.4, -0.2) is 29.8 Å². The molecule has 0 aliphatic carbocycles. The van der Waals surface area contributed by atoms with E-state index in [4.69, 9.17) is 22.1 Å². The predicted octanol–water partition coefficient (Wildman–Crippen LogP) is 2.30. The van der Waals surface area contributed by atoms with Crippen molar-refractivity contribution in [3.8, 4) is 0 Å². The van der Waals surface area contributed by atoms with Crippen molar-refractivity contribution >= 4 is 17.7 Å². The average molecular weight is 286 g/mol. The Bertz CT molecular complexity index is 432. The summed E-state index contributed by atoms with van der Waals surface area (Å²) >= 11 is 6.06. The van der Waals surface area contributed by atoms with Gasteiger partial charge in [0, 0.05) is 31.4 Å². The lowest BCUT2D eigenvalue weighted by molar-refractivity contribution is 0.0525. The molecule has 1 aromatic heterocycles. The monoisotopic (exact) mass is 285 g/mol. The SMILES string of the molecule is CC(C)(C)OC(=O)NCC(CN)c1ccncc1Cl. The number of nitrogens with two attached hydrogens (primary N) is 1. The number of halogens is 1. The molecule has 1 amide bonds. The zero-order valence-electron chi connectivity index (χ0n) is 11.4. The summed E-state index contributed by atoms with van der Waals surface area (Å²) in [5.41, 5.74) is 6.07. The van der Waals surface area contributed by atoms with Crippen molar-refractivity contribution in [3.05, 3.63) is 29.0 Å². The van der Waals surface area contributed by atoms with Crippen LogP contribution in [0.3, 0.4) is 0 Å². The Morgan fingerprint density at radius 3 is 2.79 bits per heavy atom. The van der Waals surface area contributed by atoms with Crippen molar-refractivity contribution in [2.24, 2.45) is 5.73 Å². The molecule has 106 valence electrons. The Labute approximate surface area is 118 Å². The zero-order valence-corrected chi connectivity index (χ0v) is 12.2. The van der Waals surface area contributed by atoms with E-state index in [1.54, 1.807) is 18.5 Å². The molecule has 0 fully saturated rings. The number of ether oxygens (including phenoxy) is 1. The minimum Gasteiger partial charge on any atom is -0.444 e. The van der Waals surface area contributed by atoms with Crippen molar-refractivity contribution in [1.82, 2.24) is 10.3 Å². The van der Waals surface area contributed by atoms with E-state index in [0.29, 0.717) is 18.1 Å². The van der Waals surface area contributed by atoms with Crippen molar-refractivity contribution in [1.29, 1.82) is 0 Å². The number of nitrogens with zero attached hydrogens (tertiary/aromatic N) is 1. The minimum absolute atomic E-state index is 0.0666. The number of alkyl carbamates (subject to hydrolysis) is 1. The van der Waals surface area contributed by atoms with E-state index in [0.717, 1.165) is 5.56 Å². The van der Waals surface area contributed by atoms with Gasteiger partial charge in [-0.2, -0.15) is 0 Å². The van der Waals surface area contributed by atoms with Gasteiger partial charge in [0.15, 0.2) is 0 Å². The van der Waals surface area contributed by atoms with E-state index in [-0.39, 0.29) is 5.92 Å². The summed E-state index contributed by atoms with van der Waals surface area (Å²) in [6.07, 6.45) is 2.75. The first kappa shape index (κ1) is 15.7. The van der Waals surface area contributed by atoms with Crippen LogP contribution in [-0.2, 0) is 4.74 Å². The number of carbonyl (C=O) groups excluding carboxylic acids is 1. The molecule has 0 spiro atoms. The molecule has 1 unspecified atom stereocenters. The van der Waals surface area contributed by atoms with Crippen molar-refractivity contribution < 1.29 is 9.53 Å². The summed E-state index contributed by atoms with van der Waals surface area (Å²) in [5.74, 6) is -0.0666. The van der Waals surface area contributed by atoms with Gasteiger partial charge < -0.3 is 15.8 Å². The normalized spacial score (nSPS) is 12.9. The Morgan fingerprint density at radius 2 is 2.26 bits per heavy atom. The van der Waals surface area contributed by atoms with Crippen LogP contribution in [0.1, 0.15) is 32.3 Å². The fourth-order valence-electron chi connectivity index (χ4n) is 1.56. The van der Waals surface area contributed by atoms with Gasteiger partial charge in [-0.25, -0.2) is 4.79 Å². The van der Waals surface area contributed by atoms with Gasteiger partial charge in [0.1, 0.15) is 5.60 Å². The third-order valence-electron chi connectivity index (χ3n) is 2.42. The minimum atomic E-state index is -0.517. The van der Waals surface area contributed by atoms with Crippen LogP contribution in [0, 0.1) is 0 Å². The number of hydrogen-bond donors (Lipinski definition) is 2. The van der Waals surface area contributed by atoms with Crippen LogP contribution in [0.15, 0.2) is 18.5 Å². The molecular formula is C13H20ClN3O2. The lowest BCUT2D eigenvalue weighted by Crippen LogP contribution is -2.36. The van der Waals surface area contributed by atoms with Gasteiger partial charge in [-0.15, -0.1) is 0 Å². The van der Waals surface area contributed by atoms with Gasteiger partial charge in [-0.05, 0) is 32.4 Å². The van der Waals surface area contributed by atoms with Gasteiger partial charge >= 0.3 is 6.09 Å². The fraction of sp³-hybridized carbons (Fsp3) is 0.538. The van der Waals surface area contributed by atoms with Gasteiger partial charge in [-0.3, -0.25) is 4.98 Å². The van der Waals surface area contributed by atoms with Crippen LogP contribution in [0.4, 0.5) is 4.79 Å². The van der Waals surface area contributed by atoms with Gasteiger partial charge in [0.25, 0.3) is 0 Å². The Kier molecular flexibility index (Phi) is 5.57. The molecule has 0 aliphatic heterocycles. The van der Waals surface area contributed by atoms with E-state index in [2.05, 4.69) is 10.3 Å². The lowest BCUT2D eigenvalue weighted by Gasteiger charge is -2.22. The molecule has 0 aromatic carbocycles. The second-order valence-corrected chi connectivity index (χ2v) is 5.62. The molecule has 3 N–H and O–H groups in total. The summed E-state index contributed by atoms with van der Waals surface area (Å²) in [6.45, 7) is 6.18. The molecule has 1 heterocycles. The Balaban J connectivity index is 2.59. The Morgan fingerprint density at radius 1 is 1.58 bits per heavy atom. The van der Waals surface area contributed by atoms with Crippen molar-refractivity contribution in [2.45, 2.75) is 32.3 Å². The fourth-order valence-corrected chi connectivity index (χ4v) is 1.83. The predicted molar refractivity (Wildman–Crippen MR) is 75.3 cm³/mol. The molecule has 0 bridgehead atoms. The van der Waals surface area contributed by atoms with Gasteiger partial charge in [-0.1, -0.05) is 11.6 Å². The number of amides is 1. The largest absolute Gasteiger partial charge is 0.444 e. The second-order valence-electron chi connectivity index (χ2n) is 5.21. The Hall–Kier alpha value is -1.33. The van der Waals surface area contributed by atoms with Crippen LogP contribution in [0.5, 0.6) is 0 Å². The maximum absolute atomic E-state index is 11.6.